The number of ether oxygens (including phenoxy) is 1. The molecule has 3 heterocycles. The molecule has 0 radical (unpaired) electrons. The van der Waals surface area contributed by atoms with Crippen LogP contribution in [0.5, 0.6) is 0 Å². The van der Waals surface area contributed by atoms with E-state index >= 15 is 0 Å². The van der Waals surface area contributed by atoms with Crippen LogP contribution in [0.3, 0.4) is 0 Å². The lowest BCUT2D eigenvalue weighted by molar-refractivity contribution is -0.0352. The molecule has 174 valence electrons. The molecule has 3 aliphatic rings. The summed E-state index contributed by atoms with van der Waals surface area (Å²) < 4.78 is 7.97. The van der Waals surface area contributed by atoms with Crippen LogP contribution in [0.1, 0.15) is 69.4 Å². The number of hydrogen-bond donors (Lipinski definition) is 2. The first-order valence-corrected chi connectivity index (χ1v) is 12.5. The average Bonchev–Trinajstić information content (AvgIpc) is 3.05. The number of aliphatic imine (C=N–C) groups is 1. The molecule has 0 amide bonds. The minimum absolute atomic E-state index is 0.249. The fourth-order valence-electron chi connectivity index (χ4n) is 5.50. The molecule has 0 unspecified atom stereocenters. The summed E-state index contributed by atoms with van der Waals surface area (Å²) >= 11 is 0. The predicted octanol–water partition coefficient (Wildman–Crippen LogP) is 2.14. The van der Waals surface area contributed by atoms with Gasteiger partial charge in [-0.2, -0.15) is 0 Å². The van der Waals surface area contributed by atoms with Crippen LogP contribution in [0.4, 0.5) is 0 Å². The van der Waals surface area contributed by atoms with Gasteiger partial charge in [0.2, 0.25) is 0 Å². The summed E-state index contributed by atoms with van der Waals surface area (Å²) in [6.07, 6.45) is 13.4. The normalized spacial score (nSPS) is 22.5. The van der Waals surface area contributed by atoms with Crippen LogP contribution in [0, 0.1) is 0 Å². The van der Waals surface area contributed by atoms with Gasteiger partial charge in [0.05, 0.1) is 13.2 Å². The zero-order chi connectivity index (χ0) is 21.4. The molecule has 1 saturated carbocycles. The Bertz CT molecular complexity index is 705. The van der Waals surface area contributed by atoms with Gasteiger partial charge < -0.3 is 19.9 Å². The van der Waals surface area contributed by atoms with Crippen molar-refractivity contribution < 1.29 is 4.74 Å². The van der Waals surface area contributed by atoms with Crippen molar-refractivity contribution >= 4 is 5.96 Å². The van der Waals surface area contributed by atoms with Crippen LogP contribution in [-0.2, 0) is 24.1 Å². The molecule has 1 aromatic rings. The van der Waals surface area contributed by atoms with Crippen molar-refractivity contribution in [2.24, 2.45) is 4.99 Å². The van der Waals surface area contributed by atoms with Crippen LogP contribution >= 0.6 is 0 Å². The van der Waals surface area contributed by atoms with Crippen LogP contribution < -0.4 is 10.6 Å². The molecule has 0 aromatic carbocycles. The second-order valence-electron chi connectivity index (χ2n) is 9.34. The molecule has 8 nitrogen and oxygen atoms in total. The molecule has 1 aliphatic carbocycles. The Kier molecular flexibility index (Phi) is 8.19. The molecular formula is C23H41N7O. The molecule has 0 atom stereocenters. The SMILES string of the molecule is CN=C(NCCCc1nnc2n1CCCCC2)NCC1(N2CCOCC2)CCCCC1. The van der Waals surface area contributed by atoms with Gasteiger partial charge in [0.1, 0.15) is 11.6 Å². The number of aryl methyl sites for hydroxylation is 2. The van der Waals surface area contributed by atoms with Crippen molar-refractivity contribution in [3.05, 3.63) is 11.6 Å². The van der Waals surface area contributed by atoms with Gasteiger partial charge in [0.25, 0.3) is 0 Å². The molecular weight excluding hydrogens is 390 g/mol. The van der Waals surface area contributed by atoms with E-state index < -0.39 is 0 Å². The lowest BCUT2D eigenvalue weighted by Gasteiger charge is -2.48. The Balaban J connectivity index is 1.24. The topological polar surface area (TPSA) is 79.6 Å². The maximum atomic E-state index is 5.61. The molecule has 2 fully saturated rings. The first-order chi connectivity index (χ1) is 15.3. The Morgan fingerprint density at radius 1 is 1.00 bits per heavy atom. The van der Waals surface area contributed by atoms with Gasteiger partial charge in [-0.1, -0.05) is 25.7 Å². The van der Waals surface area contributed by atoms with E-state index in [4.69, 9.17) is 4.74 Å². The largest absolute Gasteiger partial charge is 0.379 e. The highest BCUT2D eigenvalue weighted by atomic mass is 16.5. The third-order valence-electron chi connectivity index (χ3n) is 7.33. The highest BCUT2D eigenvalue weighted by Gasteiger charge is 2.38. The molecule has 2 N–H and O–H groups in total. The minimum Gasteiger partial charge on any atom is -0.379 e. The molecule has 4 rings (SSSR count). The zero-order valence-electron chi connectivity index (χ0n) is 19.4. The van der Waals surface area contributed by atoms with Crippen LogP contribution in [0.2, 0.25) is 0 Å². The Morgan fingerprint density at radius 2 is 1.81 bits per heavy atom. The van der Waals surface area contributed by atoms with E-state index in [2.05, 4.69) is 35.3 Å². The highest BCUT2D eigenvalue weighted by molar-refractivity contribution is 5.79. The second-order valence-corrected chi connectivity index (χ2v) is 9.34. The maximum absolute atomic E-state index is 5.61. The third-order valence-corrected chi connectivity index (χ3v) is 7.33. The first-order valence-electron chi connectivity index (χ1n) is 12.5. The molecule has 0 spiro atoms. The van der Waals surface area contributed by atoms with Crippen molar-refractivity contribution in [3.63, 3.8) is 0 Å². The van der Waals surface area contributed by atoms with Gasteiger partial charge in [0.15, 0.2) is 5.96 Å². The number of morpholine rings is 1. The van der Waals surface area contributed by atoms with Gasteiger partial charge >= 0.3 is 0 Å². The van der Waals surface area contributed by atoms with Gasteiger partial charge in [-0.15, -0.1) is 10.2 Å². The van der Waals surface area contributed by atoms with E-state index in [9.17, 15) is 0 Å². The number of nitrogens with one attached hydrogen (secondary N) is 2. The summed E-state index contributed by atoms with van der Waals surface area (Å²) in [6.45, 7) is 6.77. The Hall–Kier alpha value is -1.67. The maximum Gasteiger partial charge on any atom is 0.191 e. The lowest BCUT2D eigenvalue weighted by atomic mass is 9.80. The number of aromatic nitrogens is 3. The van der Waals surface area contributed by atoms with Crippen LogP contribution in [0.15, 0.2) is 4.99 Å². The summed E-state index contributed by atoms with van der Waals surface area (Å²) in [5, 5.41) is 16.1. The summed E-state index contributed by atoms with van der Waals surface area (Å²) in [6, 6.07) is 0. The number of fused-ring (bicyclic) bond motifs is 1. The Morgan fingerprint density at radius 3 is 2.61 bits per heavy atom. The number of nitrogens with zero attached hydrogens (tertiary/aromatic N) is 5. The van der Waals surface area contributed by atoms with Gasteiger partial charge in [0, 0.05) is 58.2 Å². The molecule has 31 heavy (non-hydrogen) atoms. The van der Waals surface area contributed by atoms with E-state index in [-0.39, 0.29) is 5.54 Å². The Labute approximate surface area is 187 Å². The summed E-state index contributed by atoms with van der Waals surface area (Å²) in [7, 11) is 1.87. The van der Waals surface area contributed by atoms with Crippen LogP contribution in [-0.4, -0.2) is 77.6 Å². The quantitative estimate of drug-likeness (QED) is 0.391. The van der Waals surface area contributed by atoms with Crippen molar-refractivity contribution in [1.82, 2.24) is 30.3 Å². The number of rotatable bonds is 7. The monoisotopic (exact) mass is 431 g/mol. The lowest BCUT2D eigenvalue weighted by Crippen LogP contribution is -2.60. The minimum atomic E-state index is 0.249. The standard InChI is InChI=1S/C23H41N7O/c1-24-22(25-13-8-10-21-28-27-20-9-4-2-7-14-30(20)21)26-19-23(11-5-3-6-12-23)29-15-17-31-18-16-29/h2-19H2,1H3,(H2,24,25,26). The molecule has 1 saturated heterocycles. The van der Waals surface area contributed by atoms with Crippen molar-refractivity contribution in [3.8, 4) is 0 Å². The van der Waals surface area contributed by atoms with Gasteiger partial charge in [-0.25, -0.2) is 0 Å². The summed E-state index contributed by atoms with van der Waals surface area (Å²) in [4.78, 5) is 7.16. The van der Waals surface area contributed by atoms with Crippen molar-refractivity contribution in [2.75, 3.05) is 46.4 Å². The van der Waals surface area contributed by atoms with Crippen molar-refractivity contribution in [1.29, 1.82) is 0 Å². The van der Waals surface area contributed by atoms with E-state index in [1.165, 1.54) is 57.2 Å². The first kappa shape index (κ1) is 22.5. The summed E-state index contributed by atoms with van der Waals surface area (Å²) in [5.41, 5.74) is 0.249. The molecule has 8 heteroatoms. The predicted molar refractivity (Wildman–Crippen MR) is 123 cm³/mol. The number of guanidine groups is 1. The second kappa shape index (κ2) is 11.3. The molecule has 2 aliphatic heterocycles. The highest BCUT2D eigenvalue weighted by Crippen LogP contribution is 2.33. The molecule has 0 bridgehead atoms. The van der Waals surface area contributed by atoms with Gasteiger partial charge in [-0.3, -0.25) is 9.89 Å². The molecule has 1 aromatic heterocycles. The average molecular weight is 432 g/mol. The van der Waals surface area contributed by atoms with Crippen LogP contribution in [0.25, 0.3) is 0 Å². The van der Waals surface area contributed by atoms with E-state index in [0.717, 1.165) is 77.0 Å². The summed E-state index contributed by atoms with van der Waals surface area (Å²) in [5.74, 6) is 3.24. The zero-order valence-corrected chi connectivity index (χ0v) is 19.4. The fraction of sp³-hybridized carbons (Fsp3) is 0.870. The number of hydrogen-bond acceptors (Lipinski definition) is 5. The van der Waals surface area contributed by atoms with E-state index in [0.29, 0.717) is 0 Å². The fourth-order valence-corrected chi connectivity index (χ4v) is 5.50. The van der Waals surface area contributed by atoms with E-state index in [1.54, 1.807) is 0 Å². The van der Waals surface area contributed by atoms with Gasteiger partial charge in [-0.05, 0) is 32.1 Å². The smallest absolute Gasteiger partial charge is 0.191 e. The van der Waals surface area contributed by atoms with E-state index in [1.807, 2.05) is 7.05 Å². The van der Waals surface area contributed by atoms with Crippen molar-refractivity contribution in [2.45, 2.75) is 82.7 Å². The third kappa shape index (κ3) is 5.77.